The van der Waals surface area contributed by atoms with Gasteiger partial charge in [0.15, 0.2) is 5.13 Å². The standard InChI is InChI=1S/C21H21F2N3OS/c1-14-7-9-19(10-8-14)26(15(2)27)20-25-18(13-28-20)12-24-17-6-4-5-16(11-17)21(3,22)23/h4-11,13,24H,12H2,1-3H3. The first-order valence-corrected chi connectivity index (χ1v) is 9.66. The molecule has 0 unspecified atom stereocenters. The van der Waals surface area contributed by atoms with Crippen LogP contribution in [0.5, 0.6) is 0 Å². The second-order valence-corrected chi connectivity index (χ2v) is 7.47. The first-order valence-electron chi connectivity index (χ1n) is 8.78. The Bertz CT molecular complexity index is 964. The van der Waals surface area contributed by atoms with Gasteiger partial charge in [-0.2, -0.15) is 0 Å². The van der Waals surface area contributed by atoms with E-state index in [0.29, 0.717) is 17.4 Å². The van der Waals surface area contributed by atoms with Crippen LogP contribution in [0.3, 0.4) is 0 Å². The van der Waals surface area contributed by atoms with Crippen molar-refractivity contribution in [1.29, 1.82) is 0 Å². The van der Waals surface area contributed by atoms with Gasteiger partial charge < -0.3 is 5.32 Å². The quantitative estimate of drug-likeness (QED) is 0.563. The van der Waals surface area contributed by atoms with Crippen molar-refractivity contribution in [2.45, 2.75) is 33.2 Å². The van der Waals surface area contributed by atoms with E-state index in [1.807, 2.05) is 36.6 Å². The molecule has 3 rings (SSSR count). The molecule has 7 heteroatoms. The van der Waals surface area contributed by atoms with E-state index in [0.717, 1.165) is 23.9 Å². The van der Waals surface area contributed by atoms with Gasteiger partial charge in [0.2, 0.25) is 5.91 Å². The summed E-state index contributed by atoms with van der Waals surface area (Å²) in [7, 11) is 0. The van der Waals surface area contributed by atoms with Gasteiger partial charge in [-0.25, -0.2) is 13.8 Å². The van der Waals surface area contributed by atoms with Crippen LogP contribution in [0.2, 0.25) is 0 Å². The summed E-state index contributed by atoms with van der Waals surface area (Å²) in [6.07, 6.45) is 0. The maximum atomic E-state index is 13.5. The Morgan fingerprint density at radius 3 is 2.57 bits per heavy atom. The molecular weight excluding hydrogens is 380 g/mol. The zero-order chi connectivity index (χ0) is 20.3. The van der Waals surface area contributed by atoms with Crippen molar-refractivity contribution in [2.75, 3.05) is 10.2 Å². The SMILES string of the molecule is CC(=O)N(c1ccc(C)cc1)c1nc(CNc2cccc(C(C)(F)F)c2)cs1. The molecule has 1 heterocycles. The van der Waals surface area contributed by atoms with Crippen LogP contribution < -0.4 is 10.2 Å². The molecule has 0 radical (unpaired) electrons. The number of hydrogen-bond donors (Lipinski definition) is 1. The minimum atomic E-state index is -2.89. The van der Waals surface area contributed by atoms with Crippen molar-refractivity contribution in [3.8, 4) is 0 Å². The molecule has 0 saturated heterocycles. The van der Waals surface area contributed by atoms with Crippen LogP contribution in [0, 0.1) is 6.92 Å². The molecule has 0 spiro atoms. The fourth-order valence-corrected chi connectivity index (χ4v) is 3.58. The number of carbonyl (C=O) groups is 1. The highest BCUT2D eigenvalue weighted by Gasteiger charge is 2.24. The minimum absolute atomic E-state index is 0.0430. The maximum absolute atomic E-state index is 13.5. The lowest BCUT2D eigenvalue weighted by atomic mass is 10.1. The van der Waals surface area contributed by atoms with Crippen LogP contribution in [-0.4, -0.2) is 10.9 Å². The Hall–Kier alpha value is -2.80. The molecule has 0 fully saturated rings. The summed E-state index contributed by atoms with van der Waals surface area (Å²) in [4.78, 5) is 18.2. The van der Waals surface area contributed by atoms with E-state index >= 15 is 0 Å². The average Bonchev–Trinajstić information content (AvgIpc) is 3.09. The second kappa shape index (κ2) is 8.06. The fourth-order valence-electron chi connectivity index (χ4n) is 2.70. The van der Waals surface area contributed by atoms with E-state index < -0.39 is 5.92 Å². The maximum Gasteiger partial charge on any atom is 0.270 e. The number of amides is 1. The number of alkyl halides is 2. The summed E-state index contributed by atoms with van der Waals surface area (Å²) in [6, 6.07) is 13.8. The van der Waals surface area contributed by atoms with E-state index in [1.165, 1.54) is 30.4 Å². The number of anilines is 3. The van der Waals surface area contributed by atoms with Gasteiger partial charge >= 0.3 is 0 Å². The number of carbonyl (C=O) groups excluding carboxylic acids is 1. The number of hydrogen-bond acceptors (Lipinski definition) is 4. The summed E-state index contributed by atoms with van der Waals surface area (Å²) in [5.41, 5.74) is 3.14. The lowest BCUT2D eigenvalue weighted by molar-refractivity contribution is -0.115. The smallest absolute Gasteiger partial charge is 0.270 e. The number of halogens is 2. The zero-order valence-corrected chi connectivity index (χ0v) is 16.7. The third-order valence-corrected chi connectivity index (χ3v) is 5.06. The highest BCUT2D eigenvalue weighted by Crippen LogP contribution is 2.30. The molecule has 0 saturated carbocycles. The Labute approximate surface area is 166 Å². The van der Waals surface area contributed by atoms with Crippen LogP contribution in [0.25, 0.3) is 0 Å². The average molecular weight is 401 g/mol. The van der Waals surface area contributed by atoms with Gasteiger partial charge in [0, 0.05) is 30.5 Å². The number of rotatable bonds is 6. The van der Waals surface area contributed by atoms with Crippen LogP contribution in [0.1, 0.15) is 30.7 Å². The van der Waals surface area contributed by atoms with E-state index in [1.54, 1.807) is 17.0 Å². The summed E-state index contributed by atoms with van der Waals surface area (Å²) >= 11 is 1.36. The molecule has 2 aromatic carbocycles. The van der Waals surface area contributed by atoms with Crippen LogP contribution in [0.4, 0.5) is 25.3 Å². The molecule has 1 amide bonds. The van der Waals surface area contributed by atoms with Crippen LogP contribution in [0.15, 0.2) is 53.9 Å². The molecule has 0 aliphatic heterocycles. The van der Waals surface area contributed by atoms with Gasteiger partial charge in [0.25, 0.3) is 5.92 Å². The minimum Gasteiger partial charge on any atom is -0.379 e. The summed E-state index contributed by atoms with van der Waals surface area (Å²) in [6.45, 7) is 4.73. The Morgan fingerprint density at radius 1 is 1.21 bits per heavy atom. The molecular formula is C21H21F2N3OS. The van der Waals surface area contributed by atoms with E-state index in [4.69, 9.17) is 0 Å². The molecule has 1 N–H and O–H groups in total. The van der Waals surface area contributed by atoms with Gasteiger partial charge in [-0.15, -0.1) is 11.3 Å². The normalized spacial score (nSPS) is 11.3. The molecule has 1 aromatic heterocycles. The number of nitrogens with one attached hydrogen (secondary N) is 1. The Kier molecular flexibility index (Phi) is 5.74. The highest BCUT2D eigenvalue weighted by molar-refractivity contribution is 7.14. The second-order valence-electron chi connectivity index (χ2n) is 6.63. The number of benzene rings is 2. The summed E-state index contributed by atoms with van der Waals surface area (Å²) in [5.74, 6) is -3.02. The Balaban J connectivity index is 1.74. The lowest BCUT2D eigenvalue weighted by Gasteiger charge is -2.18. The number of nitrogens with zero attached hydrogens (tertiary/aromatic N) is 2. The largest absolute Gasteiger partial charge is 0.379 e. The van der Waals surface area contributed by atoms with Gasteiger partial charge in [-0.3, -0.25) is 9.69 Å². The fraction of sp³-hybridized carbons (Fsp3) is 0.238. The lowest BCUT2D eigenvalue weighted by Crippen LogP contribution is -2.22. The van der Waals surface area contributed by atoms with Crippen molar-refractivity contribution in [1.82, 2.24) is 4.98 Å². The third kappa shape index (κ3) is 4.72. The molecule has 0 aliphatic carbocycles. The van der Waals surface area contributed by atoms with E-state index in [2.05, 4.69) is 10.3 Å². The van der Waals surface area contributed by atoms with Crippen molar-refractivity contribution in [2.24, 2.45) is 0 Å². The molecule has 0 aliphatic rings. The third-order valence-electron chi connectivity index (χ3n) is 4.18. The van der Waals surface area contributed by atoms with Crippen molar-refractivity contribution >= 4 is 33.8 Å². The van der Waals surface area contributed by atoms with Crippen molar-refractivity contribution in [3.05, 3.63) is 70.7 Å². The zero-order valence-electron chi connectivity index (χ0n) is 15.9. The monoisotopic (exact) mass is 401 g/mol. The molecule has 0 atom stereocenters. The van der Waals surface area contributed by atoms with Crippen molar-refractivity contribution < 1.29 is 13.6 Å². The predicted octanol–water partition coefficient (Wildman–Crippen LogP) is 5.86. The topological polar surface area (TPSA) is 45.2 Å². The van der Waals surface area contributed by atoms with Gasteiger partial charge in [0.1, 0.15) is 0 Å². The van der Waals surface area contributed by atoms with E-state index in [9.17, 15) is 13.6 Å². The van der Waals surface area contributed by atoms with E-state index in [-0.39, 0.29) is 11.5 Å². The van der Waals surface area contributed by atoms with Gasteiger partial charge in [-0.1, -0.05) is 29.8 Å². The molecule has 146 valence electrons. The highest BCUT2D eigenvalue weighted by atomic mass is 32.1. The van der Waals surface area contributed by atoms with Crippen LogP contribution >= 0.6 is 11.3 Å². The van der Waals surface area contributed by atoms with Gasteiger partial charge in [-0.05, 0) is 31.2 Å². The predicted molar refractivity (Wildman–Crippen MR) is 109 cm³/mol. The molecule has 4 nitrogen and oxygen atoms in total. The molecule has 3 aromatic rings. The van der Waals surface area contributed by atoms with Crippen LogP contribution in [-0.2, 0) is 17.3 Å². The Morgan fingerprint density at radius 2 is 1.93 bits per heavy atom. The first kappa shape index (κ1) is 19.9. The summed E-state index contributed by atoms with van der Waals surface area (Å²) in [5, 5.41) is 5.53. The number of aryl methyl sites for hydroxylation is 1. The number of aromatic nitrogens is 1. The van der Waals surface area contributed by atoms with Crippen molar-refractivity contribution in [3.63, 3.8) is 0 Å². The first-order chi connectivity index (χ1) is 13.2. The molecule has 28 heavy (non-hydrogen) atoms. The molecule has 0 bridgehead atoms. The number of thiazole rings is 1. The summed E-state index contributed by atoms with van der Waals surface area (Å²) < 4.78 is 27.0. The van der Waals surface area contributed by atoms with Gasteiger partial charge in [0.05, 0.1) is 17.9 Å².